The van der Waals surface area contributed by atoms with Gasteiger partial charge in [-0.3, -0.25) is 10.1 Å². The van der Waals surface area contributed by atoms with E-state index in [0.29, 0.717) is 5.82 Å². The van der Waals surface area contributed by atoms with Crippen LogP contribution in [0, 0.1) is 6.92 Å². The average Bonchev–Trinajstić information content (AvgIpc) is 2.58. The first-order valence-corrected chi connectivity index (χ1v) is 5.33. The summed E-state index contributed by atoms with van der Waals surface area (Å²) in [5.41, 5.74) is -0.607. The quantitative estimate of drug-likeness (QED) is 0.830. The molecular weight excluding hydrogens is 240 g/mol. The zero-order valence-corrected chi connectivity index (χ0v) is 10.7. The van der Waals surface area contributed by atoms with Gasteiger partial charge in [0.25, 0.3) is 0 Å². The molecule has 1 aromatic rings. The van der Waals surface area contributed by atoms with Crippen LogP contribution in [0.3, 0.4) is 0 Å². The minimum atomic E-state index is -0.667. The van der Waals surface area contributed by atoms with E-state index in [2.05, 4.69) is 25.3 Å². The molecule has 8 nitrogen and oxygen atoms in total. The molecule has 0 spiro atoms. The van der Waals surface area contributed by atoms with Crippen molar-refractivity contribution in [3.63, 3.8) is 0 Å². The van der Waals surface area contributed by atoms with Gasteiger partial charge in [0.1, 0.15) is 12.1 Å². The largest absolute Gasteiger partial charge is 0.444 e. The predicted octanol–water partition coefficient (Wildman–Crippen LogP) is 0.841. The molecular formula is C10H16N4O4. The Morgan fingerprint density at radius 2 is 2.06 bits per heavy atom. The molecule has 8 heteroatoms. The fraction of sp³-hybridized carbons (Fsp3) is 0.600. The van der Waals surface area contributed by atoms with Crippen LogP contribution in [0.15, 0.2) is 4.52 Å². The number of nitrogens with one attached hydrogen (secondary N) is 2. The molecule has 1 heterocycles. The number of carbonyl (C=O) groups is 2. The van der Waals surface area contributed by atoms with Crippen molar-refractivity contribution in [2.24, 2.45) is 0 Å². The van der Waals surface area contributed by atoms with Crippen LogP contribution in [0.2, 0.25) is 0 Å². The van der Waals surface area contributed by atoms with E-state index in [9.17, 15) is 9.59 Å². The molecule has 1 rings (SSSR count). The van der Waals surface area contributed by atoms with E-state index < -0.39 is 17.6 Å². The second kappa shape index (κ2) is 5.48. The summed E-state index contributed by atoms with van der Waals surface area (Å²) in [6.07, 6.45) is -0.667. The lowest BCUT2D eigenvalue weighted by Gasteiger charge is -2.19. The SMILES string of the molecule is Cc1noc(NC(=O)CNC(=O)OC(C)(C)C)n1. The highest BCUT2D eigenvalue weighted by Gasteiger charge is 2.17. The number of hydrogen-bond donors (Lipinski definition) is 2. The maximum Gasteiger partial charge on any atom is 0.408 e. The zero-order chi connectivity index (χ0) is 13.8. The first-order chi connectivity index (χ1) is 8.26. The lowest BCUT2D eigenvalue weighted by molar-refractivity contribution is -0.115. The van der Waals surface area contributed by atoms with Gasteiger partial charge in [-0.15, -0.1) is 0 Å². The van der Waals surface area contributed by atoms with Crippen LogP contribution in [0.4, 0.5) is 10.8 Å². The average molecular weight is 256 g/mol. The molecule has 0 atom stereocenters. The maximum absolute atomic E-state index is 11.4. The van der Waals surface area contributed by atoms with Crippen LogP contribution in [-0.2, 0) is 9.53 Å². The van der Waals surface area contributed by atoms with Gasteiger partial charge in [-0.2, -0.15) is 4.98 Å². The van der Waals surface area contributed by atoms with Crippen molar-refractivity contribution in [2.75, 3.05) is 11.9 Å². The molecule has 2 N–H and O–H groups in total. The summed E-state index contributed by atoms with van der Waals surface area (Å²) < 4.78 is 9.65. The minimum absolute atomic E-state index is 0.0107. The number of rotatable bonds is 3. The third-order valence-electron chi connectivity index (χ3n) is 1.57. The Morgan fingerprint density at radius 1 is 1.39 bits per heavy atom. The molecule has 0 saturated heterocycles. The summed E-state index contributed by atoms with van der Waals surface area (Å²) in [5, 5.41) is 8.13. The van der Waals surface area contributed by atoms with Crippen molar-refractivity contribution in [1.29, 1.82) is 0 Å². The number of nitrogens with zero attached hydrogens (tertiary/aromatic N) is 2. The monoisotopic (exact) mass is 256 g/mol. The highest BCUT2D eigenvalue weighted by atomic mass is 16.6. The van der Waals surface area contributed by atoms with Crippen molar-refractivity contribution in [3.05, 3.63) is 5.82 Å². The molecule has 0 saturated carbocycles. The van der Waals surface area contributed by atoms with Crippen LogP contribution < -0.4 is 10.6 Å². The van der Waals surface area contributed by atoms with Gasteiger partial charge in [0.05, 0.1) is 0 Å². The summed E-state index contributed by atoms with van der Waals surface area (Å²) in [7, 11) is 0. The normalized spacial score (nSPS) is 10.9. The van der Waals surface area contributed by atoms with E-state index >= 15 is 0 Å². The summed E-state index contributed by atoms with van der Waals surface area (Å²) in [6.45, 7) is 6.57. The fourth-order valence-electron chi connectivity index (χ4n) is 0.978. The molecule has 0 aliphatic carbocycles. The highest BCUT2D eigenvalue weighted by Crippen LogP contribution is 2.06. The first-order valence-electron chi connectivity index (χ1n) is 5.33. The number of ether oxygens (including phenoxy) is 1. The Labute approximate surface area is 104 Å². The van der Waals surface area contributed by atoms with Gasteiger partial charge >= 0.3 is 12.1 Å². The standard InChI is InChI=1S/C10H16N4O4/c1-6-12-8(18-14-6)13-7(15)5-11-9(16)17-10(2,3)4/h5H2,1-4H3,(H,11,16)(H,12,13,14,15). The number of aryl methyl sites for hydroxylation is 1. The number of carbonyl (C=O) groups excluding carboxylic acids is 2. The highest BCUT2D eigenvalue weighted by molar-refractivity contribution is 5.92. The van der Waals surface area contributed by atoms with Crippen molar-refractivity contribution >= 4 is 18.0 Å². The van der Waals surface area contributed by atoms with E-state index in [1.165, 1.54) is 0 Å². The number of hydrogen-bond acceptors (Lipinski definition) is 6. The van der Waals surface area contributed by atoms with E-state index in [1.807, 2.05) is 0 Å². The van der Waals surface area contributed by atoms with Gasteiger partial charge in [0, 0.05) is 0 Å². The van der Waals surface area contributed by atoms with Gasteiger partial charge in [0.15, 0.2) is 5.82 Å². The molecule has 0 radical (unpaired) electrons. The van der Waals surface area contributed by atoms with Crippen molar-refractivity contribution < 1.29 is 18.8 Å². The minimum Gasteiger partial charge on any atom is -0.444 e. The Bertz CT molecular complexity index is 435. The Balaban J connectivity index is 2.31. The molecule has 100 valence electrons. The topological polar surface area (TPSA) is 106 Å². The van der Waals surface area contributed by atoms with E-state index in [4.69, 9.17) is 4.74 Å². The molecule has 0 aromatic carbocycles. The summed E-state index contributed by atoms with van der Waals surface area (Å²) in [4.78, 5) is 26.4. The Morgan fingerprint density at radius 3 is 2.56 bits per heavy atom. The maximum atomic E-state index is 11.4. The van der Waals surface area contributed by atoms with Crippen LogP contribution in [-0.4, -0.2) is 34.3 Å². The van der Waals surface area contributed by atoms with Gasteiger partial charge in [-0.1, -0.05) is 5.16 Å². The molecule has 0 bridgehead atoms. The van der Waals surface area contributed by atoms with Crippen LogP contribution in [0.25, 0.3) is 0 Å². The fourth-order valence-corrected chi connectivity index (χ4v) is 0.978. The number of alkyl carbamates (subject to hydrolysis) is 1. The van der Waals surface area contributed by atoms with E-state index in [-0.39, 0.29) is 12.6 Å². The molecule has 18 heavy (non-hydrogen) atoms. The zero-order valence-electron chi connectivity index (χ0n) is 10.7. The lowest BCUT2D eigenvalue weighted by Crippen LogP contribution is -2.37. The van der Waals surface area contributed by atoms with Gasteiger partial charge in [0.2, 0.25) is 5.91 Å². The molecule has 0 fully saturated rings. The molecule has 0 aliphatic rings. The van der Waals surface area contributed by atoms with Crippen molar-refractivity contribution in [3.8, 4) is 0 Å². The second-order valence-corrected chi connectivity index (χ2v) is 4.55. The van der Waals surface area contributed by atoms with Crippen LogP contribution in [0.1, 0.15) is 26.6 Å². The van der Waals surface area contributed by atoms with Gasteiger partial charge in [-0.05, 0) is 27.7 Å². The molecule has 2 amide bonds. The Hall–Kier alpha value is -2.12. The first kappa shape index (κ1) is 13.9. The third-order valence-corrected chi connectivity index (χ3v) is 1.57. The molecule has 1 aromatic heterocycles. The van der Waals surface area contributed by atoms with Crippen molar-refractivity contribution in [1.82, 2.24) is 15.5 Å². The lowest BCUT2D eigenvalue weighted by atomic mass is 10.2. The number of amides is 2. The Kier molecular flexibility index (Phi) is 4.24. The van der Waals surface area contributed by atoms with Gasteiger partial charge < -0.3 is 14.6 Å². The molecule has 0 aliphatic heterocycles. The van der Waals surface area contributed by atoms with Crippen molar-refractivity contribution in [2.45, 2.75) is 33.3 Å². The third kappa shape index (κ3) is 5.28. The molecule has 0 unspecified atom stereocenters. The second-order valence-electron chi connectivity index (χ2n) is 4.55. The summed E-state index contributed by atoms with van der Waals surface area (Å²) in [6, 6.07) is -0.0107. The van der Waals surface area contributed by atoms with Crippen LogP contribution in [0.5, 0.6) is 0 Å². The number of aromatic nitrogens is 2. The smallest absolute Gasteiger partial charge is 0.408 e. The van der Waals surface area contributed by atoms with Crippen LogP contribution >= 0.6 is 0 Å². The van der Waals surface area contributed by atoms with Gasteiger partial charge in [-0.25, -0.2) is 4.79 Å². The summed E-state index contributed by atoms with van der Waals surface area (Å²) in [5.74, 6) is -0.0742. The number of anilines is 1. The summed E-state index contributed by atoms with van der Waals surface area (Å²) >= 11 is 0. The van der Waals surface area contributed by atoms with E-state index in [1.54, 1.807) is 27.7 Å². The predicted molar refractivity (Wildman–Crippen MR) is 61.9 cm³/mol. The van der Waals surface area contributed by atoms with E-state index in [0.717, 1.165) is 0 Å².